The molecule has 2 atom stereocenters. The number of ether oxygens (including phenoxy) is 1. The Labute approximate surface area is 139 Å². The van der Waals surface area contributed by atoms with Gasteiger partial charge in [-0.25, -0.2) is 13.6 Å². The van der Waals surface area contributed by atoms with Crippen molar-refractivity contribution < 1.29 is 23.1 Å². The van der Waals surface area contributed by atoms with Crippen LogP contribution >= 0.6 is 0 Å². The van der Waals surface area contributed by atoms with E-state index in [2.05, 4.69) is 0 Å². The molecule has 0 bridgehead atoms. The monoisotopic (exact) mass is 338 g/mol. The molecular weight excluding hydrogens is 318 g/mol. The number of rotatable bonds is 3. The fraction of sp³-hybridized carbons (Fsp3) is 0.529. The van der Waals surface area contributed by atoms with E-state index in [1.807, 2.05) is 0 Å². The number of carbonyl (C=O) groups excluding carboxylic acids is 2. The molecule has 0 unspecified atom stereocenters. The topological polar surface area (TPSA) is 49.9 Å². The van der Waals surface area contributed by atoms with E-state index in [-0.39, 0.29) is 37.1 Å². The number of nitrogens with zero attached hydrogens (tertiary/aromatic N) is 2. The zero-order valence-corrected chi connectivity index (χ0v) is 13.7. The van der Waals surface area contributed by atoms with Crippen LogP contribution in [-0.2, 0) is 16.1 Å². The van der Waals surface area contributed by atoms with E-state index >= 15 is 0 Å². The maximum absolute atomic E-state index is 13.3. The first kappa shape index (κ1) is 16.7. The van der Waals surface area contributed by atoms with Crippen LogP contribution in [0.1, 0.15) is 32.3 Å². The zero-order valence-electron chi connectivity index (χ0n) is 13.7. The maximum Gasteiger partial charge on any atom is 0.410 e. The van der Waals surface area contributed by atoms with Crippen LogP contribution in [0.4, 0.5) is 13.6 Å². The van der Waals surface area contributed by atoms with Crippen LogP contribution in [-0.4, -0.2) is 46.5 Å². The van der Waals surface area contributed by atoms with Gasteiger partial charge in [0, 0.05) is 25.6 Å². The fourth-order valence-electron chi connectivity index (χ4n) is 3.53. The Hall–Kier alpha value is -2.18. The minimum Gasteiger partial charge on any atom is -0.447 e. The standard InChI is InChI=1S/C17H20F2N2O3/c1-10(2)24-17(23)20-4-3-14-15(20)8-16(22)21(14)9-11-5-12(18)7-13(19)6-11/h5-7,10,14-15H,3-4,8-9H2,1-2H3/t14-,15-/m0/s1. The lowest BCUT2D eigenvalue weighted by Crippen LogP contribution is -2.40. The Balaban J connectivity index is 1.73. The number of amides is 2. The minimum absolute atomic E-state index is 0.114. The summed E-state index contributed by atoms with van der Waals surface area (Å²) in [5, 5.41) is 0. The lowest BCUT2D eigenvalue weighted by Gasteiger charge is -2.25. The van der Waals surface area contributed by atoms with Crippen LogP contribution in [0.5, 0.6) is 0 Å². The molecule has 2 amide bonds. The molecular formula is C17H20F2N2O3. The van der Waals surface area contributed by atoms with Crippen molar-refractivity contribution in [3.8, 4) is 0 Å². The normalized spacial score (nSPS) is 23.1. The van der Waals surface area contributed by atoms with Crippen LogP contribution in [0.2, 0.25) is 0 Å². The van der Waals surface area contributed by atoms with Crippen molar-refractivity contribution >= 4 is 12.0 Å². The van der Waals surface area contributed by atoms with Gasteiger partial charge in [-0.2, -0.15) is 0 Å². The van der Waals surface area contributed by atoms with E-state index in [1.54, 1.807) is 23.6 Å². The molecule has 3 rings (SSSR count). The summed E-state index contributed by atoms with van der Waals surface area (Å²) in [4.78, 5) is 27.7. The van der Waals surface area contributed by atoms with Crippen molar-refractivity contribution in [3.63, 3.8) is 0 Å². The molecule has 2 heterocycles. The van der Waals surface area contributed by atoms with Gasteiger partial charge in [0.1, 0.15) is 11.6 Å². The molecule has 2 aliphatic heterocycles. The Morgan fingerprint density at radius 3 is 2.54 bits per heavy atom. The van der Waals surface area contributed by atoms with Gasteiger partial charge in [0.25, 0.3) is 0 Å². The van der Waals surface area contributed by atoms with Crippen molar-refractivity contribution in [2.75, 3.05) is 6.54 Å². The number of fused-ring (bicyclic) bond motifs is 1. The van der Waals surface area contributed by atoms with E-state index < -0.39 is 17.7 Å². The maximum atomic E-state index is 13.3. The second-order valence-corrected chi connectivity index (χ2v) is 6.55. The molecule has 2 aliphatic rings. The Bertz CT molecular complexity index is 645. The van der Waals surface area contributed by atoms with Gasteiger partial charge in [-0.3, -0.25) is 4.79 Å². The molecule has 2 fully saturated rings. The van der Waals surface area contributed by atoms with E-state index in [0.29, 0.717) is 18.5 Å². The first-order chi connectivity index (χ1) is 11.3. The van der Waals surface area contributed by atoms with Crippen molar-refractivity contribution in [3.05, 3.63) is 35.4 Å². The minimum atomic E-state index is -0.665. The molecule has 0 N–H and O–H groups in total. The molecule has 0 aliphatic carbocycles. The number of likely N-dealkylation sites (tertiary alicyclic amines) is 2. The Morgan fingerprint density at radius 2 is 1.92 bits per heavy atom. The number of benzene rings is 1. The van der Waals surface area contributed by atoms with Gasteiger partial charge >= 0.3 is 6.09 Å². The van der Waals surface area contributed by atoms with Crippen LogP contribution < -0.4 is 0 Å². The zero-order chi connectivity index (χ0) is 17.4. The highest BCUT2D eigenvalue weighted by molar-refractivity contribution is 5.82. The first-order valence-corrected chi connectivity index (χ1v) is 8.07. The summed E-state index contributed by atoms with van der Waals surface area (Å²) in [5.74, 6) is -1.44. The number of hydrogen-bond acceptors (Lipinski definition) is 3. The predicted molar refractivity (Wildman–Crippen MR) is 82.0 cm³/mol. The van der Waals surface area contributed by atoms with Crippen molar-refractivity contribution in [2.45, 2.75) is 51.4 Å². The molecule has 0 spiro atoms. The average molecular weight is 338 g/mol. The van der Waals surface area contributed by atoms with Crippen molar-refractivity contribution in [1.29, 1.82) is 0 Å². The van der Waals surface area contributed by atoms with Crippen molar-refractivity contribution in [2.24, 2.45) is 0 Å². The molecule has 130 valence electrons. The summed E-state index contributed by atoms with van der Waals surface area (Å²) >= 11 is 0. The van der Waals surface area contributed by atoms with Crippen LogP contribution in [0.25, 0.3) is 0 Å². The Kier molecular flexibility index (Phi) is 4.43. The van der Waals surface area contributed by atoms with Gasteiger partial charge in [0.05, 0.1) is 18.2 Å². The van der Waals surface area contributed by atoms with Crippen LogP contribution in [0.3, 0.4) is 0 Å². The summed E-state index contributed by atoms with van der Waals surface area (Å²) < 4.78 is 31.9. The highest BCUT2D eigenvalue weighted by atomic mass is 19.1. The van der Waals surface area contributed by atoms with Gasteiger partial charge in [-0.15, -0.1) is 0 Å². The summed E-state index contributed by atoms with van der Waals surface area (Å²) in [5.41, 5.74) is 0.407. The SMILES string of the molecule is CC(C)OC(=O)N1CC[C@H]2[C@@H]1CC(=O)N2Cc1cc(F)cc(F)c1. The van der Waals surface area contributed by atoms with Crippen LogP contribution in [0, 0.1) is 11.6 Å². The Morgan fingerprint density at radius 1 is 1.25 bits per heavy atom. The van der Waals surface area contributed by atoms with Crippen LogP contribution in [0.15, 0.2) is 18.2 Å². The number of hydrogen-bond donors (Lipinski definition) is 0. The molecule has 2 saturated heterocycles. The third kappa shape index (κ3) is 3.20. The van der Waals surface area contributed by atoms with E-state index in [9.17, 15) is 18.4 Å². The third-order valence-electron chi connectivity index (χ3n) is 4.46. The third-order valence-corrected chi connectivity index (χ3v) is 4.46. The summed E-state index contributed by atoms with van der Waals surface area (Å²) in [7, 11) is 0. The van der Waals surface area contributed by atoms with Gasteiger partial charge in [0.15, 0.2) is 0 Å². The molecule has 1 aromatic rings. The quantitative estimate of drug-likeness (QED) is 0.851. The molecule has 5 nitrogen and oxygen atoms in total. The van der Waals surface area contributed by atoms with E-state index in [0.717, 1.165) is 6.07 Å². The second kappa shape index (κ2) is 6.37. The smallest absolute Gasteiger partial charge is 0.410 e. The molecule has 1 aromatic carbocycles. The molecule has 24 heavy (non-hydrogen) atoms. The second-order valence-electron chi connectivity index (χ2n) is 6.55. The van der Waals surface area contributed by atoms with E-state index in [1.165, 1.54) is 12.1 Å². The molecule has 7 heteroatoms. The average Bonchev–Trinajstić information content (AvgIpc) is 2.97. The fourth-order valence-corrected chi connectivity index (χ4v) is 3.53. The summed E-state index contributed by atoms with van der Waals surface area (Å²) in [6.45, 7) is 4.20. The lowest BCUT2D eigenvalue weighted by atomic mass is 10.1. The molecule has 0 aromatic heterocycles. The van der Waals surface area contributed by atoms with Gasteiger partial charge in [-0.05, 0) is 38.0 Å². The highest BCUT2D eigenvalue weighted by Crippen LogP contribution is 2.34. The lowest BCUT2D eigenvalue weighted by molar-refractivity contribution is -0.129. The summed E-state index contributed by atoms with van der Waals surface area (Å²) in [6.07, 6.45) is 0.223. The highest BCUT2D eigenvalue weighted by Gasteiger charge is 2.48. The summed E-state index contributed by atoms with van der Waals surface area (Å²) in [6, 6.07) is 2.88. The predicted octanol–water partition coefficient (Wildman–Crippen LogP) is 2.69. The number of halogens is 2. The van der Waals surface area contributed by atoms with Gasteiger partial charge < -0.3 is 14.5 Å². The van der Waals surface area contributed by atoms with Crippen molar-refractivity contribution in [1.82, 2.24) is 9.80 Å². The van der Waals surface area contributed by atoms with E-state index in [4.69, 9.17) is 4.74 Å². The largest absolute Gasteiger partial charge is 0.447 e. The molecule has 0 radical (unpaired) electrons. The molecule has 0 saturated carbocycles. The number of carbonyl (C=O) groups is 2. The first-order valence-electron chi connectivity index (χ1n) is 8.07. The van der Waals surface area contributed by atoms with Gasteiger partial charge in [0.2, 0.25) is 5.91 Å². The van der Waals surface area contributed by atoms with Gasteiger partial charge in [-0.1, -0.05) is 0 Å².